The molecule has 1 heterocycles. The molecule has 0 bridgehead atoms. The van der Waals surface area contributed by atoms with E-state index in [-0.39, 0.29) is 0 Å². The summed E-state index contributed by atoms with van der Waals surface area (Å²) in [6.45, 7) is 1.74. The summed E-state index contributed by atoms with van der Waals surface area (Å²) in [6.07, 6.45) is 2.37. The van der Waals surface area contributed by atoms with Crippen LogP contribution in [0.5, 0.6) is 5.88 Å². The molecule has 0 amide bonds. The molecule has 1 aromatic heterocycles. The second-order valence-corrected chi connectivity index (χ2v) is 3.13. The van der Waals surface area contributed by atoms with Crippen LogP contribution in [0.2, 0.25) is 0 Å². The molecular weight excluding hydrogens is 212 g/mol. The molecule has 0 fully saturated rings. The Balaban J connectivity index is 3.05. The molecule has 0 saturated carbocycles. The Hall–Kier alpha value is -2.11. The summed E-state index contributed by atoms with van der Waals surface area (Å²) in [5.74, 6) is -1.99. The van der Waals surface area contributed by atoms with Crippen molar-refractivity contribution in [1.29, 1.82) is 0 Å². The van der Waals surface area contributed by atoms with Gasteiger partial charge < -0.3 is 9.84 Å². The maximum absolute atomic E-state index is 10.9. The van der Waals surface area contributed by atoms with Gasteiger partial charge in [-0.15, -0.1) is 0 Å². The number of ketones is 1. The van der Waals surface area contributed by atoms with E-state index in [9.17, 15) is 9.59 Å². The monoisotopic (exact) mass is 224 g/mol. The van der Waals surface area contributed by atoms with Gasteiger partial charge in [0.2, 0.25) is 5.88 Å². The van der Waals surface area contributed by atoms with Crippen LogP contribution >= 0.6 is 0 Å². The van der Waals surface area contributed by atoms with Gasteiger partial charge in [-0.3, -0.25) is 4.79 Å². The number of aromatic nitrogens is 2. The molecule has 6 heteroatoms. The van der Waals surface area contributed by atoms with Gasteiger partial charge in [0, 0.05) is 7.05 Å². The number of aliphatic carboxylic acids is 1. The number of hydrogen-bond acceptors (Lipinski definition) is 4. The number of methoxy groups -OCH3 is 1. The van der Waals surface area contributed by atoms with Crippen LogP contribution in [0, 0.1) is 6.92 Å². The van der Waals surface area contributed by atoms with Crippen molar-refractivity contribution in [3.05, 3.63) is 17.3 Å². The van der Waals surface area contributed by atoms with Gasteiger partial charge in [-0.2, -0.15) is 5.10 Å². The molecule has 16 heavy (non-hydrogen) atoms. The Labute approximate surface area is 92.1 Å². The minimum Gasteiger partial charge on any atom is -0.481 e. The summed E-state index contributed by atoms with van der Waals surface area (Å²) in [5.41, 5.74) is 1.26. The highest BCUT2D eigenvalue weighted by Gasteiger charge is 2.12. The SMILES string of the molecule is COc1c(/C=C/C(=O)C(=O)O)c(C)nn1C. The Bertz CT molecular complexity index is 460. The van der Waals surface area contributed by atoms with E-state index < -0.39 is 11.8 Å². The number of carbonyl (C=O) groups excluding carboxylic acids is 1. The van der Waals surface area contributed by atoms with Crippen molar-refractivity contribution in [3.8, 4) is 5.88 Å². The normalized spacial score (nSPS) is 10.7. The zero-order valence-electron chi connectivity index (χ0n) is 9.22. The van der Waals surface area contributed by atoms with Gasteiger partial charge in [0.05, 0.1) is 18.4 Å². The van der Waals surface area contributed by atoms with Crippen molar-refractivity contribution in [1.82, 2.24) is 9.78 Å². The molecule has 86 valence electrons. The summed E-state index contributed by atoms with van der Waals surface area (Å²) in [5, 5.41) is 12.5. The predicted molar refractivity (Wildman–Crippen MR) is 56.2 cm³/mol. The summed E-state index contributed by atoms with van der Waals surface area (Å²) in [7, 11) is 3.18. The number of ether oxygens (including phenoxy) is 1. The van der Waals surface area contributed by atoms with Gasteiger partial charge in [-0.1, -0.05) is 0 Å². The van der Waals surface area contributed by atoms with Crippen LogP contribution < -0.4 is 4.74 Å². The van der Waals surface area contributed by atoms with Gasteiger partial charge in [0.15, 0.2) is 0 Å². The van der Waals surface area contributed by atoms with E-state index in [1.807, 2.05) is 0 Å². The number of hydrogen-bond donors (Lipinski definition) is 1. The van der Waals surface area contributed by atoms with E-state index in [2.05, 4.69) is 5.10 Å². The second kappa shape index (κ2) is 4.61. The van der Waals surface area contributed by atoms with Gasteiger partial charge >= 0.3 is 5.97 Å². The first-order chi connectivity index (χ1) is 7.47. The minimum absolute atomic E-state index is 0.479. The molecule has 0 unspecified atom stereocenters. The molecule has 0 aliphatic heterocycles. The number of nitrogens with zero attached hydrogens (tertiary/aromatic N) is 2. The van der Waals surface area contributed by atoms with Gasteiger partial charge in [-0.05, 0) is 19.1 Å². The topological polar surface area (TPSA) is 81.4 Å². The smallest absolute Gasteiger partial charge is 0.376 e. The fourth-order valence-electron chi connectivity index (χ4n) is 1.32. The zero-order valence-corrected chi connectivity index (χ0v) is 9.22. The summed E-state index contributed by atoms with van der Waals surface area (Å²) in [6, 6.07) is 0. The summed E-state index contributed by atoms with van der Waals surface area (Å²) >= 11 is 0. The van der Waals surface area contributed by atoms with E-state index in [0.717, 1.165) is 6.08 Å². The summed E-state index contributed by atoms with van der Waals surface area (Å²) < 4.78 is 6.59. The first-order valence-electron chi connectivity index (χ1n) is 4.50. The highest BCUT2D eigenvalue weighted by atomic mass is 16.5. The molecular formula is C10H12N2O4. The van der Waals surface area contributed by atoms with Crippen LogP contribution in [0.4, 0.5) is 0 Å². The molecule has 1 N–H and O–H groups in total. The van der Waals surface area contributed by atoms with E-state index in [4.69, 9.17) is 9.84 Å². The lowest BCUT2D eigenvalue weighted by Crippen LogP contribution is -2.08. The Kier molecular flexibility index (Phi) is 3.44. The van der Waals surface area contributed by atoms with Crippen LogP contribution in [-0.2, 0) is 16.6 Å². The minimum atomic E-state index is -1.49. The molecule has 0 atom stereocenters. The lowest BCUT2D eigenvalue weighted by atomic mass is 10.2. The van der Waals surface area contributed by atoms with E-state index in [1.54, 1.807) is 14.0 Å². The van der Waals surface area contributed by atoms with Crippen LogP contribution in [0.3, 0.4) is 0 Å². The first-order valence-corrected chi connectivity index (χ1v) is 4.50. The van der Waals surface area contributed by atoms with E-state index in [1.165, 1.54) is 17.9 Å². The summed E-state index contributed by atoms with van der Waals surface area (Å²) in [4.78, 5) is 21.2. The van der Waals surface area contributed by atoms with Gasteiger partial charge in [0.25, 0.3) is 5.78 Å². The average molecular weight is 224 g/mol. The van der Waals surface area contributed by atoms with E-state index in [0.29, 0.717) is 17.1 Å². The van der Waals surface area contributed by atoms with Crippen molar-refractivity contribution in [2.24, 2.45) is 7.05 Å². The maximum atomic E-state index is 10.9. The lowest BCUT2D eigenvalue weighted by Gasteiger charge is -2.00. The fourth-order valence-corrected chi connectivity index (χ4v) is 1.32. The largest absolute Gasteiger partial charge is 0.481 e. The molecule has 0 aliphatic rings. The third-order valence-corrected chi connectivity index (χ3v) is 2.02. The van der Waals surface area contributed by atoms with Crippen molar-refractivity contribution >= 4 is 17.8 Å². The van der Waals surface area contributed by atoms with Crippen molar-refractivity contribution < 1.29 is 19.4 Å². The number of carbonyl (C=O) groups is 2. The quantitative estimate of drug-likeness (QED) is 0.591. The number of rotatable bonds is 4. The average Bonchev–Trinajstić information content (AvgIpc) is 2.48. The van der Waals surface area contributed by atoms with Gasteiger partial charge in [0.1, 0.15) is 0 Å². The standard InChI is InChI=1S/C10H12N2O4/c1-6-7(4-5-8(13)10(14)15)9(16-3)12(2)11-6/h4-5H,1-3H3,(H,14,15)/b5-4+. The molecule has 1 aromatic rings. The highest BCUT2D eigenvalue weighted by Crippen LogP contribution is 2.22. The number of aryl methyl sites for hydroxylation is 2. The Morgan fingerprint density at radius 2 is 2.12 bits per heavy atom. The van der Waals surface area contributed by atoms with Crippen molar-refractivity contribution in [2.45, 2.75) is 6.92 Å². The third kappa shape index (κ3) is 2.28. The molecule has 0 saturated heterocycles. The third-order valence-electron chi connectivity index (χ3n) is 2.02. The molecule has 0 spiro atoms. The molecule has 0 radical (unpaired) electrons. The Morgan fingerprint density at radius 3 is 2.62 bits per heavy atom. The van der Waals surface area contributed by atoms with E-state index >= 15 is 0 Å². The van der Waals surface area contributed by atoms with Crippen molar-refractivity contribution in [3.63, 3.8) is 0 Å². The van der Waals surface area contributed by atoms with Gasteiger partial charge in [-0.25, -0.2) is 9.48 Å². The molecule has 1 rings (SSSR count). The van der Waals surface area contributed by atoms with Crippen LogP contribution in [0.25, 0.3) is 6.08 Å². The highest BCUT2D eigenvalue weighted by molar-refractivity contribution is 6.38. The lowest BCUT2D eigenvalue weighted by molar-refractivity contribution is -0.146. The Morgan fingerprint density at radius 1 is 1.50 bits per heavy atom. The van der Waals surface area contributed by atoms with Crippen LogP contribution in [0.15, 0.2) is 6.08 Å². The second-order valence-electron chi connectivity index (χ2n) is 3.13. The van der Waals surface area contributed by atoms with Crippen LogP contribution in [-0.4, -0.2) is 33.7 Å². The molecule has 0 aromatic carbocycles. The predicted octanol–water partition coefficient (Wildman–Crippen LogP) is 0.404. The zero-order chi connectivity index (χ0) is 12.3. The number of carboxylic acid groups (broad SMARTS) is 1. The van der Waals surface area contributed by atoms with Crippen LogP contribution in [0.1, 0.15) is 11.3 Å². The van der Waals surface area contributed by atoms with Crippen molar-refractivity contribution in [2.75, 3.05) is 7.11 Å². The number of carboxylic acids is 1. The molecule has 0 aliphatic carbocycles. The molecule has 6 nitrogen and oxygen atoms in total. The first kappa shape index (κ1) is 12.0. The fraction of sp³-hybridized carbons (Fsp3) is 0.300. The maximum Gasteiger partial charge on any atom is 0.376 e.